The summed E-state index contributed by atoms with van der Waals surface area (Å²) < 4.78 is 16.7. The number of rotatable bonds is 62. The summed E-state index contributed by atoms with van der Waals surface area (Å²) in [6.45, 7) is 4.34. The van der Waals surface area contributed by atoms with E-state index in [2.05, 4.69) is 43.5 Å². The molecule has 11 nitrogen and oxygen atoms in total. The van der Waals surface area contributed by atoms with Gasteiger partial charge in [0.05, 0.1) is 32.0 Å². The molecule has 1 aliphatic rings. The highest BCUT2D eigenvalue weighted by molar-refractivity contribution is 5.76. The number of unbranched alkanes of at least 4 members (excludes halogenated alkanes) is 44. The van der Waals surface area contributed by atoms with Crippen molar-refractivity contribution in [3.8, 4) is 0 Å². The zero-order chi connectivity index (χ0) is 59.5. The summed E-state index contributed by atoms with van der Waals surface area (Å²) in [6.07, 6.45) is 67.2. The minimum absolute atomic E-state index is 0.00573. The summed E-state index contributed by atoms with van der Waals surface area (Å²) in [5.74, 6) is -0.180. The number of esters is 1. The van der Waals surface area contributed by atoms with Gasteiger partial charge in [0.15, 0.2) is 6.29 Å². The Morgan fingerprint density at radius 2 is 0.817 bits per heavy atom. The molecule has 1 saturated heterocycles. The van der Waals surface area contributed by atoms with Crippen LogP contribution in [0.25, 0.3) is 0 Å². The summed E-state index contributed by atoms with van der Waals surface area (Å²) in [5, 5.41) is 54.3. The quantitative estimate of drug-likeness (QED) is 0.0195. The van der Waals surface area contributed by atoms with Crippen molar-refractivity contribution < 1.29 is 49.3 Å². The van der Waals surface area contributed by atoms with Gasteiger partial charge in [0, 0.05) is 12.8 Å². The van der Waals surface area contributed by atoms with Crippen LogP contribution in [-0.4, -0.2) is 100 Å². The molecule has 0 aliphatic carbocycles. The highest BCUT2D eigenvalue weighted by Crippen LogP contribution is 2.23. The van der Waals surface area contributed by atoms with Gasteiger partial charge in [-0.05, 0) is 64.2 Å². The third-order valence-electron chi connectivity index (χ3n) is 16.7. The molecule has 1 aliphatic heterocycles. The van der Waals surface area contributed by atoms with Crippen LogP contribution in [0.4, 0.5) is 0 Å². The lowest BCUT2D eigenvalue weighted by atomic mass is 9.99. The first-order valence-electron chi connectivity index (χ1n) is 35.3. The predicted molar refractivity (Wildman–Crippen MR) is 343 cm³/mol. The number of hydrogen-bond acceptors (Lipinski definition) is 10. The third kappa shape index (κ3) is 49.0. The number of carbonyl (C=O) groups excluding carboxylic acids is 2. The largest absolute Gasteiger partial charge is 0.466 e. The Morgan fingerprint density at radius 1 is 0.451 bits per heavy atom. The molecule has 0 saturated carbocycles. The van der Waals surface area contributed by atoms with Crippen LogP contribution in [0.3, 0.4) is 0 Å². The van der Waals surface area contributed by atoms with E-state index < -0.39 is 49.5 Å². The molecular weight excluding hydrogens is 1030 g/mol. The van der Waals surface area contributed by atoms with Gasteiger partial charge in [-0.2, -0.15) is 0 Å². The van der Waals surface area contributed by atoms with Crippen molar-refractivity contribution in [2.24, 2.45) is 0 Å². The van der Waals surface area contributed by atoms with Crippen molar-refractivity contribution in [3.63, 3.8) is 0 Å². The van der Waals surface area contributed by atoms with Gasteiger partial charge in [0.25, 0.3) is 0 Å². The first kappa shape index (κ1) is 77.9. The molecule has 11 heteroatoms. The fraction of sp³-hybridized carbons (Fsp3) is 0.887. The van der Waals surface area contributed by atoms with Crippen LogP contribution in [0.1, 0.15) is 341 Å². The van der Waals surface area contributed by atoms with E-state index >= 15 is 0 Å². The Morgan fingerprint density at radius 3 is 1.23 bits per heavy atom. The molecule has 0 aromatic carbocycles. The Hall–Kier alpha value is -2.12. The molecule has 0 radical (unpaired) electrons. The van der Waals surface area contributed by atoms with Gasteiger partial charge in [-0.3, -0.25) is 9.59 Å². The number of ether oxygens (including phenoxy) is 3. The van der Waals surface area contributed by atoms with Crippen molar-refractivity contribution in [3.05, 3.63) is 36.5 Å². The lowest BCUT2D eigenvalue weighted by Crippen LogP contribution is -2.60. The fourth-order valence-electron chi connectivity index (χ4n) is 11.2. The number of allylic oxidation sites excluding steroid dienone is 5. The van der Waals surface area contributed by atoms with Gasteiger partial charge in [0.1, 0.15) is 24.4 Å². The van der Waals surface area contributed by atoms with Gasteiger partial charge in [-0.15, -0.1) is 0 Å². The highest BCUT2D eigenvalue weighted by Gasteiger charge is 2.44. The summed E-state index contributed by atoms with van der Waals surface area (Å²) in [4.78, 5) is 25.1. The second-order valence-electron chi connectivity index (χ2n) is 24.6. The summed E-state index contributed by atoms with van der Waals surface area (Å²) in [7, 11) is 0. The number of amides is 1. The molecule has 0 aromatic heterocycles. The van der Waals surface area contributed by atoms with Crippen LogP contribution in [0, 0.1) is 0 Å². The molecule has 7 unspecified atom stereocenters. The van der Waals surface area contributed by atoms with Crippen molar-refractivity contribution in [1.82, 2.24) is 5.32 Å². The second kappa shape index (κ2) is 60.6. The Balaban J connectivity index is 1.93. The van der Waals surface area contributed by atoms with E-state index in [-0.39, 0.29) is 18.5 Å². The molecule has 1 amide bonds. The first-order chi connectivity index (χ1) is 40.2. The van der Waals surface area contributed by atoms with Gasteiger partial charge in [-0.25, -0.2) is 0 Å². The summed E-state index contributed by atoms with van der Waals surface area (Å²) in [6, 6.07) is -0.811. The van der Waals surface area contributed by atoms with Crippen LogP contribution in [0.2, 0.25) is 0 Å². The van der Waals surface area contributed by atoms with Crippen LogP contribution < -0.4 is 5.32 Å². The monoisotopic (exact) mass is 1160 g/mol. The predicted octanol–water partition coefficient (Wildman–Crippen LogP) is 17.8. The van der Waals surface area contributed by atoms with Crippen molar-refractivity contribution in [2.45, 2.75) is 384 Å². The van der Waals surface area contributed by atoms with Crippen LogP contribution in [0.15, 0.2) is 36.5 Å². The number of nitrogens with one attached hydrogen (secondary N) is 1. The maximum atomic E-state index is 13.0. The molecule has 482 valence electrons. The van der Waals surface area contributed by atoms with Gasteiger partial charge in [0.2, 0.25) is 5.91 Å². The van der Waals surface area contributed by atoms with Crippen molar-refractivity contribution >= 4 is 11.9 Å². The number of aliphatic hydroxyl groups is 5. The molecule has 0 bridgehead atoms. The van der Waals surface area contributed by atoms with Crippen molar-refractivity contribution in [2.75, 3.05) is 19.8 Å². The van der Waals surface area contributed by atoms with Crippen LogP contribution in [0.5, 0.6) is 0 Å². The number of aliphatic hydroxyl groups excluding tert-OH is 5. The van der Waals surface area contributed by atoms with E-state index in [1.807, 2.05) is 6.08 Å². The molecule has 1 fully saturated rings. The Labute approximate surface area is 504 Å². The first-order valence-corrected chi connectivity index (χ1v) is 35.3. The highest BCUT2D eigenvalue weighted by atomic mass is 16.7. The Bertz CT molecular complexity index is 1460. The lowest BCUT2D eigenvalue weighted by molar-refractivity contribution is -0.302. The lowest BCUT2D eigenvalue weighted by Gasteiger charge is -2.40. The number of hydrogen-bond donors (Lipinski definition) is 6. The van der Waals surface area contributed by atoms with E-state index in [9.17, 15) is 35.1 Å². The topological polar surface area (TPSA) is 175 Å². The van der Waals surface area contributed by atoms with E-state index in [0.29, 0.717) is 19.4 Å². The van der Waals surface area contributed by atoms with E-state index in [0.717, 1.165) is 64.2 Å². The summed E-state index contributed by atoms with van der Waals surface area (Å²) >= 11 is 0. The van der Waals surface area contributed by atoms with E-state index in [1.54, 1.807) is 6.08 Å². The molecule has 0 aromatic rings. The second-order valence-corrected chi connectivity index (χ2v) is 24.6. The fourth-order valence-corrected chi connectivity index (χ4v) is 11.2. The molecule has 82 heavy (non-hydrogen) atoms. The van der Waals surface area contributed by atoms with Gasteiger partial charge < -0.3 is 45.1 Å². The molecule has 7 atom stereocenters. The maximum absolute atomic E-state index is 13.0. The number of carbonyl (C=O) groups is 2. The third-order valence-corrected chi connectivity index (χ3v) is 16.7. The maximum Gasteiger partial charge on any atom is 0.305 e. The van der Waals surface area contributed by atoms with Crippen LogP contribution in [-0.2, 0) is 23.8 Å². The van der Waals surface area contributed by atoms with Crippen molar-refractivity contribution in [1.29, 1.82) is 0 Å². The molecule has 6 N–H and O–H groups in total. The van der Waals surface area contributed by atoms with Gasteiger partial charge >= 0.3 is 5.97 Å². The van der Waals surface area contributed by atoms with E-state index in [1.165, 1.54) is 250 Å². The van der Waals surface area contributed by atoms with Crippen LogP contribution >= 0.6 is 0 Å². The Kier molecular flexibility index (Phi) is 57.5. The van der Waals surface area contributed by atoms with E-state index in [4.69, 9.17) is 14.2 Å². The minimum Gasteiger partial charge on any atom is -0.466 e. The SMILES string of the molecule is CCCCCCCCC/C=C/C(O)C(COC1OC(CO)C(O)C(O)C1O)NC(=O)CCCCCCCCCCCCC/C=C\C/C=C\CCCCCCCCCCCOC(=O)CCCCCCCCCCCCCCCCCCCC. The minimum atomic E-state index is -1.57. The zero-order valence-corrected chi connectivity index (χ0v) is 53.5. The normalized spacial score (nSPS) is 18.4. The average Bonchev–Trinajstić information content (AvgIpc) is 3.48. The zero-order valence-electron chi connectivity index (χ0n) is 53.5. The smallest absolute Gasteiger partial charge is 0.305 e. The molecule has 0 spiro atoms. The average molecular weight is 1160 g/mol. The molecular formula is C71H133NO10. The summed E-state index contributed by atoms with van der Waals surface area (Å²) in [5.41, 5.74) is 0. The molecule has 1 rings (SSSR count). The van der Waals surface area contributed by atoms with Gasteiger partial charge in [-0.1, -0.05) is 301 Å². The standard InChI is InChI=1S/C71H133NO10/c1-3-5-7-9-11-13-14-15-16-17-30-33-36-39-43-47-51-55-59-67(76)80-60-56-52-48-44-40-37-34-31-28-26-24-22-20-18-19-21-23-25-27-29-32-35-38-42-46-50-54-58-66(75)72-63(64(74)57-53-49-45-41-12-10-8-6-4-2)62-81-71-70(79)69(78)68(77)65(61-73)82-71/h18-19,22,24,53,57,63-65,68-71,73-74,77-79H,3-17,20-21,23,25-52,54-56,58-62H2,1-2H3,(H,72,75)/b19-18-,24-22-,57-53+. The molecule has 1 heterocycles.